The average Bonchev–Trinajstić information content (AvgIpc) is 2.50. The van der Waals surface area contributed by atoms with Gasteiger partial charge in [-0.25, -0.2) is 0 Å². The van der Waals surface area contributed by atoms with Gasteiger partial charge >= 0.3 is 0 Å². The Hall–Kier alpha value is -1.10. The van der Waals surface area contributed by atoms with Crippen molar-refractivity contribution in [1.29, 1.82) is 0 Å². The van der Waals surface area contributed by atoms with Crippen molar-refractivity contribution in [2.75, 3.05) is 39.4 Å². The van der Waals surface area contributed by atoms with Crippen LogP contribution in [0.1, 0.15) is 18.4 Å². The Bertz CT molecular complexity index is 373. The highest BCUT2D eigenvalue weighted by molar-refractivity contribution is 5.27. The molecular weight excluding hydrogens is 252 g/mol. The zero-order valence-corrected chi connectivity index (χ0v) is 12.1. The maximum absolute atomic E-state index is 9.11. The van der Waals surface area contributed by atoms with Crippen LogP contribution >= 0.6 is 0 Å². The SMILES string of the molecule is NCCc1ccc(OCCN2CCC(CO)CC2)cc1. The molecule has 0 radical (unpaired) electrons. The molecule has 4 heteroatoms. The largest absolute Gasteiger partial charge is 0.492 e. The Labute approximate surface area is 121 Å². The van der Waals surface area contributed by atoms with Crippen molar-refractivity contribution >= 4 is 0 Å². The van der Waals surface area contributed by atoms with E-state index in [1.165, 1.54) is 5.56 Å². The Morgan fingerprint density at radius 3 is 2.50 bits per heavy atom. The van der Waals surface area contributed by atoms with Gasteiger partial charge in [0.15, 0.2) is 0 Å². The molecule has 0 spiro atoms. The maximum Gasteiger partial charge on any atom is 0.119 e. The number of piperidine rings is 1. The highest BCUT2D eigenvalue weighted by Crippen LogP contribution is 2.16. The molecule has 1 aromatic rings. The molecule has 1 heterocycles. The minimum absolute atomic E-state index is 0.333. The number of rotatable bonds is 7. The van der Waals surface area contributed by atoms with Gasteiger partial charge in [-0.2, -0.15) is 0 Å². The van der Waals surface area contributed by atoms with Crippen molar-refractivity contribution in [2.45, 2.75) is 19.3 Å². The van der Waals surface area contributed by atoms with Crippen LogP contribution in [0, 0.1) is 5.92 Å². The fourth-order valence-corrected chi connectivity index (χ4v) is 2.60. The lowest BCUT2D eigenvalue weighted by molar-refractivity contribution is 0.119. The van der Waals surface area contributed by atoms with Gasteiger partial charge in [-0.1, -0.05) is 12.1 Å². The first-order valence-electron chi connectivity index (χ1n) is 7.57. The van der Waals surface area contributed by atoms with Crippen molar-refractivity contribution < 1.29 is 9.84 Å². The second kappa shape index (κ2) is 8.25. The quantitative estimate of drug-likeness (QED) is 0.788. The van der Waals surface area contributed by atoms with Crippen molar-refractivity contribution in [2.24, 2.45) is 11.7 Å². The molecule has 0 aliphatic carbocycles. The molecule has 3 N–H and O–H groups in total. The molecule has 4 nitrogen and oxygen atoms in total. The summed E-state index contributed by atoms with van der Waals surface area (Å²) >= 11 is 0. The Balaban J connectivity index is 1.65. The molecule has 1 aliphatic heterocycles. The summed E-state index contributed by atoms with van der Waals surface area (Å²) in [5.74, 6) is 1.43. The van der Waals surface area contributed by atoms with Gasteiger partial charge in [-0.3, -0.25) is 4.90 Å². The number of ether oxygens (including phenoxy) is 1. The fourth-order valence-electron chi connectivity index (χ4n) is 2.60. The molecule has 1 saturated heterocycles. The first-order chi connectivity index (χ1) is 9.81. The highest BCUT2D eigenvalue weighted by atomic mass is 16.5. The average molecular weight is 278 g/mol. The topological polar surface area (TPSA) is 58.7 Å². The molecular formula is C16H26N2O2. The van der Waals surface area contributed by atoms with Gasteiger partial charge in [0.05, 0.1) is 0 Å². The zero-order valence-electron chi connectivity index (χ0n) is 12.1. The summed E-state index contributed by atoms with van der Waals surface area (Å²) in [6.07, 6.45) is 3.12. The van der Waals surface area contributed by atoms with Crippen LogP contribution in [0.3, 0.4) is 0 Å². The summed E-state index contributed by atoms with van der Waals surface area (Å²) in [5, 5.41) is 9.11. The molecule has 1 aromatic carbocycles. The number of aliphatic hydroxyl groups excluding tert-OH is 1. The maximum atomic E-state index is 9.11. The van der Waals surface area contributed by atoms with Crippen LogP contribution in [0.4, 0.5) is 0 Å². The first kappa shape index (κ1) is 15.3. The van der Waals surface area contributed by atoms with E-state index in [1.807, 2.05) is 12.1 Å². The van der Waals surface area contributed by atoms with E-state index >= 15 is 0 Å². The lowest BCUT2D eigenvalue weighted by Crippen LogP contribution is -2.37. The Kier molecular flexibility index (Phi) is 6.30. The summed E-state index contributed by atoms with van der Waals surface area (Å²) < 4.78 is 5.77. The molecule has 1 aliphatic rings. The lowest BCUT2D eigenvalue weighted by atomic mass is 9.98. The molecule has 0 aromatic heterocycles. The second-order valence-corrected chi connectivity index (χ2v) is 5.50. The van der Waals surface area contributed by atoms with Gasteiger partial charge < -0.3 is 15.6 Å². The minimum atomic E-state index is 0.333. The Morgan fingerprint density at radius 2 is 1.90 bits per heavy atom. The van der Waals surface area contributed by atoms with Crippen molar-refractivity contribution in [3.8, 4) is 5.75 Å². The molecule has 0 unspecified atom stereocenters. The molecule has 0 atom stereocenters. The van der Waals surface area contributed by atoms with Crippen LogP contribution in [0.2, 0.25) is 0 Å². The summed E-state index contributed by atoms with van der Waals surface area (Å²) in [5.41, 5.74) is 6.78. The number of aliphatic hydroxyl groups is 1. The van der Waals surface area contributed by atoms with E-state index in [-0.39, 0.29) is 0 Å². The Morgan fingerprint density at radius 1 is 1.20 bits per heavy atom. The number of hydrogen-bond donors (Lipinski definition) is 2. The van der Waals surface area contributed by atoms with Gasteiger partial charge in [0.1, 0.15) is 12.4 Å². The van der Waals surface area contributed by atoms with E-state index in [0.29, 0.717) is 19.1 Å². The minimum Gasteiger partial charge on any atom is -0.492 e. The zero-order chi connectivity index (χ0) is 14.2. The van der Waals surface area contributed by atoms with E-state index in [0.717, 1.165) is 51.3 Å². The van der Waals surface area contributed by atoms with Crippen LogP contribution in [0.25, 0.3) is 0 Å². The van der Waals surface area contributed by atoms with Gasteiger partial charge in [0, 0.05) is 13.2 Å². The third-order valence-electron chi connectivity index (χ3n) is 4.00. The monoisotopic (exact) mass is 278 g/mol. The van der Waals surface area contributed by atoms with Crippen molar-refractivity contribution in [3.63, 3.8) is 0 Å². The predicted molar refractivity (Wildman–Crippen MR) is 80.9 cm³/mol. The van der Waals surface area contributed by atoms with E-state index in [9.17, 15) is 0 Å². The van der Waals surface area contributed by atoms with Crippen LogP contribution < -0.4 is 10.5 Å². The van der Waals surface area contributed by atoms with E-state index in [2.05, 4.69) is 17.0 Å². The molecule has 0 amide bonds. The molecule has 0 saturated carbocycles. The molecule has 1 fully saturated rings. The molecule has 2 rings (SSSR count). The number of nitrogens with two attached hydrogens (primary N) is 1. The van der Waals surface area contributed by atoms with Gasteiger partial charge in [0.25, 0.3) is 0 Å². The number of nitrogens with zero attached hydrogens (tertiary/aromatic N) is 1. The van der Waals surface area contributed by atoms with Crippen LogP contribution in [0.5, 0.6) is 5.75 Å². The van der Waals surface area contributed by atoms with Gasteiger partial charge in [0.2, 0.25) is 0 Å². The molecule has 112 valence electrons. The first-order valence-corrected chi connectivity index (χ1v) is 7.57. The molecule has 0 bridgehead atoms. The molecule has 20 heavy (non-hydrogen) atoms. The standard InChI is InChI=1S/C16H26N2O2/c17-8-5-14-1-3-16(4-2-14)20-12-11-18-9-6-15(13-19)7-10-18/h1-4,15,19H,5-13,17H2. The predicted octanol–water partition coefficient (Wildman–Crippen LogP) is 1.27. The number of likely N-dealkylation sites (tertiary alicyclic amines) is 1. The number of hydrogen-bond acceptors (Lipinski definition) is 4. The van der Waals surface area contributed by atoms with Crippen molar-refractivity contribution in [3.05, 3.63) is 29.8 Å². The third-order valence-corrected chi connectivity index (χ3v) is 4.00. The highest BCUT2D eigenvalue weighted by Gasteiger charge is 2.17. The summed E-state index contributed by atoms with van der Waals surface area (Å²) in [7, 11) is 0. The van der Waals surface area contributed by atoms with E-state index < -0.39 is 0 Å². The van der Waals surface area contributed by atoms with Crippen LogP contribution in [-0.4, -0.2) is 49.4 Å². The normalized spacial score (nSPS) is 17.3. The fraction of sp³-hybridized carbons (Fsp3) is 0.625. The van der Waals surface area contributed by atoms with Crippen LogP contribution in [0.15, 0.2) is 24.3 Å². The summed E-state index contributed by atoms with van der Waals surface area (Å²) in [6.45, 7) is 4.85. The lowest BCUT2D eigenvalue weighted by Gasteiger charge is -2.30. The summed E-state index contributed by atoms with van der Waals surface area (Å²) in [6, 6.07) is 8.19. The smallest absolute Gasteiger partial charge is 0.119 e. The summed E-state index contributed by atoms with van der Waals surface area (Å²) in [4.78, 5) is 2.41. The van der Waals surface area contributed by atoms with E-state index in [1.54, 1.807) is 0 Å². The van der Waals surface area contributed by atoms with Crippen LogP contribution in [-0.2, 0) is 6.42 Å². The van der Waals surface area contributed by atoms with Gasteiger partial charge in [-0.15, -0.1) is 0 Å². The van der Waals surface area contributed by atoms with E-state index in [4.69, 9.17) is 15.6 Å². The third kappa shape index (κ3) is 4.78. The van der Waals surface area contributed by atoms with Gasteiger partial charge in [-0.05, 0) is 62.5 Å². The van der Waals surface area contributed by atoms with Crippen molar-refractivity contribution in [1.82, 2.24) is 4.90 Å². The second-order valence-electron chi connectivity index (χ2n) is 5.50. The number of benzene rings is 1.